The smallest absolute Gasteiger partial charge is 0.222 e. The summed E-state index contributed by atoms with van der Waals surface area (Å²) in [6.45, 7) is 3.55. The van der Waals surface area contributed by atoms with E-state index in [-0.39, 0.29) is 11.9 Å². The highest BCUT2D eigenvalue weighted by molar-refractivity contribution is 5.76. The van der Waals surface area contributed by atoms with E-state index in [0.29, 0.717) is 18.9 Å². The lowest BCUT2D eigenvalue weighted by Gasteiger charge is -2.20. The van der Waals surface area contributed by atoms with Crippen LogP contribution in [0.3, 0.4) is 0 Å². The molecule has 1 aromatic rings. The van der Waals surface area contributed by atoms with Crippen molar-refractivity contribution in [2.24, 2.45) is 5.92 Å². The zero-order valence-electron chi connectivity index (χ0n) is 10.8. The van der Waals surface area contributed by atoms with Crippen molar-refractivity contribution in [2.45, 2.75) is 39.2 Å². The lowest BCUT2D eigenvalue weighted by Crippen LogP contribution is -2.30. The van der Waals surface area contributed by atoms with E-state index in [0.717, 1.165) is 31.5 Å². The second-order valence-electron chi connectivity index (χ2n) is 4.82. The number of carbonyl (C=O) groups excluding carboxylic acids is 1. The Morgan fingerprint density at radius 3 is 3.06 bits per heavy atom. The first-order valence-corrected chi connectivity index (χ1v) is 6.54. The summed E-state index contributed by atoms with van der Waals surface area (Å²) in [7, 11) is 0. The van der Waals surface area contributed by atoms with Crippen LogP contribution in [0.2, 0.25) is 0 Å². The lowest BCUT2D eigenvalue weighted by molar-refractivity contribution is -0.131. The van der Waals surface area contributed by atoms with Crippen LogP contribution >= 0.6 is 0 Å². The highest BCUT2D eigenvalue weighted by atomic mass is 16.2. The number of anilines is 1. The van der Waals surface area contributed by atoms with Crippen molar-refractivity contribution in [2.75, 3.05) is 12.3 Å². The van der Waals surface area contributed by atoms with Gasteiger partial charge in [0, 0.05) is 19.2 Å². The van der Waals surface area contributed by atoms with Gasteiger partial charge in [-0.25, -0.2) is 9.97 Å². The Morgan fingerprint density at radius 1 is 1.50 bits per heavy atom. The number of carbonyl (C=O) groups is 1. The van der Waals surface area contributed by atoms with E-state index in [4.69, 9.17) is 5.73 Å². The molecule has 1 aliphatic rings. The van der Waals surface area contributed by atoms with Crippen LogP contribution in [0.15, 0.2) is 12.3 Å². The van der Waals surface area contributed by atoms with Gasteiger partial charge in [0.1, 0.15) is 0 Å². The third kappa shape index (κ3) is 3.18. The first kappa shape index (κ1) is 12.8. The van der Waals surface area contributed by atoms with Gasteiger partial charge in [0.05, 0.1) is 12.2 Å². The van der Waals surface area contributed by atoms with Gasteiger partial charge in [-0.3, -0.25) is 4.79 Å². The van der Waals surface area contributed by atoms with Crippen LogP contribution in [0, 0.1) is 5.92 Å². The fourth-order valence-electron chi connectivity index (χ4n) is 2.37. The Morgan fingerprint density at radius 2 is 2.33 bits per heavy atom. The predicted octanol–water partition coefficient (Wildman–Crippen LogP) is 1.60. The van der Waals surface area contributed by atoms with E-state index >= 15 is 0 Å². The molecule has 18 heavy (non-hydrogen) atoms. The van der Waals surface area contributed by atoms with Crippen LogP contribution in [0.4, 0.5) is 5.95 Å². The van der Waals surface area contributed by atoms with Crippen molar-refractivity contribution in [1.82, 2.24) is 14.9 Å². The van der Waals surface area contributed by atoms with E-state index in [1.165, 1.54) is 0 Å². The molecule has 5 nitrogen and oxygen atoms in total. The summed E-state index contributed by atoms with van der Waals surface area (Å²) in [5, 5.41) is 0. The molecule has 1 aliphatic heterocycles. The number of hydrogen-bond acceptors (Lipinski definition) is 4. The fourth-order valence-corrected chi connectivity index (χ4v) is 2.37. The largest absolute Gasteiger partial charge is 0.368 e. The van der Waals surface area contributed by atoms with Crippen molar-refractivity contribution in [3.05, 3.63) is 18.0 Å². The normalized spacial score (nSPS) is 20.8. The standard InChI is InChI=1S/C13H20N4O/c1-2-10-3-4-12(18)17(8-6-10)9-11-5-7-15-13(14)16-11/h5,7,10H,2-4,6,8-9H2,1H3,(H2,14,15,16). The number of aromatic nitrogens is 2. The maximum Gasteiger partial charge on any atom is 0.222 e. The molecule has 2 N–H and O–H groups in total. The molecular formula is C13H20N4O. The number of nitrogen functional groups attached to an aromatic ring is 1. The minimum absolute atomic E-state index is 0.225. The molecule has 1 unspecified atom stereocenters. The summed E-state index contributed by atoms with van der Waals surface area (Å²) >= 11 is 0. The molecule has 1 atom stereocenters. The Labute approximate surface area is 107 Å². The SMILES string of the molecule is CCC1CCC(=O)N(Cc2ccnc(N)n2)CC1. The van der Waals surface area contributed by atoms with Gasteiger partial charge in [-0.1, -0.05) is 13.3 Å². The summed E-state index contributed by atoms with van der Waals surface area (Å²) < 4.78 is 0. The van der Waals surface area contributed by atoms with Gasteiger partial charge in [-0.15, -0.1) is 0 Å². The van der Waals surface area contributed by atoms with Crippen LogP contribution in [-0.2, 0) is 11.3 Å². The molecule has 1 fully saturated rings. The molecule has 1 amide bonds. The maximum absolute atomic E-state index is 12.0. The fraction of sp³-hybridized carbons (Fsp3) is 0.615. The molecule has 0 spiro atoms. The summed E-state index contributed by atoms with van der Waals surface area (Å²) in [5.41, 5.74) is 6.36. The average molecular weight is 248 g/mol. The van der Waals surface area contributed by atoms with Crippen molar-refractivity contribution >= 4 is 11.9 Å². The second-order valence-corrected chi connectivity index (χ2v) is 4.82. The first-order chi connectivity index (χ1) is 8.69. The first-order valence-electron chi connectivity index (χ1n) is 6.54. The van der Waals surface area contributed by atoms with Gasteiger partial charge in [0.15, 0.2) is 0 Å². The molecule has 0 aromatic carbocycles. The molecule has 0 bridgehead atoms. The third-order valence-electron chi connectivity index (χ3n) is 3.59. The van der Waals surface area contributed by atoms with Gasteiger partial charge in [0.25, 0.3) is 0 Å². The van der Waals surface area contributed by atoms with Crippen molar-refractivity contribution in [1.29, 1.82) is 0 Å². The lowest BCUT2D eigenvalue weighted by atomic mass is 9.98. The minimum Gasteiger partial charge on any atom is -0.368 e. The van der Waals surface area contributed by atoms with Crippen molar-refractivity contribution in [3.63, 3.8) is 0 Å². The Kier molecular flexibility index (Phi) is 4.12. The Hall–Kier alpha value is -1.65. The maximum atomic E-state index is 12.0. The van der Waals surface area contributed by atoms with Crippen molar-refractivity contribution < 1.29 is 4.79 Å². The second kappa shape index (κ2) is 5.80. The topological polar surface area (TPSA) is 72.1 Å². The van der Waals surface area contributed by atoms with E-state index in [1.54, 1.807) is 6.20 Å². The number of nitrogens with two attached hydrogens (primary N) is 1. The number of hydrogen-bond donors (Lipinski definition) is 1. The van der Waals surface area contributed by atoms with Crippen LogP contribution < -0.4 is 5.73 Å². The molecule has 2 heterocycles. The number of nitrogens with zero attached hydrogens (tertiary/aromatic N) is 3. The Bertz CT molecular complexity index is 421. The molecule has 1 aromatic heterocycles. The predicted molar refractivity (Wildman–Crippen MR) is 69.5 cm³/mol. The molecular weight excluding hydrogens is 228 g/mol. The number of rotatable bonds is 3. The van der Waals surface area contributed by atoms with Gasteiger partial charge in [0.2, 0.25) is 11.9 Å². The van der Waals surface area contributed by atoms with Gasteiger partial charge >= 0.3 is 0 Å². The zero-order valence-corrected chi connectivity index (χ0v) is 10.8. The van der Waals surface area contributed by atoms with Crippen LogP contribution in [-0.4, -0.2) is 27.3 Å². The minimum atomic E-state index is 0.225. The average Bonchev–Trinajstić information content (AvgIpc) is 2.53. The van der Waals surface area contributed by atoms with Gasteiger partial charge in [-0.2, -0.15) is 0 Å². The van der Waals surface area contributed by atoms with Gasteiger partial charge < -0.3 is 10.6 Å². The van der Waals surface area contributed by atoms with E-state index in [2.05, 4.69) is 16.9 Å². The van der Waals surface area contributed by atoms with Crippen LogP contribution in [0.25, 0.3) is 0 Å². The highest BCUT2D eigenvalue weighted by Gasteiger charge is 2.21. The molecule has 2 rings (SSSR count). The summed E-state index contributed by atoms with van der Waals surface area (Å²) in [6.07, 6.45) is 5.54. The Balaban J connectivity index is 2.01. The number of likely N-dealkylation sites (tertiary alicyclic amines) is 1. The van der Waals surface area contributed by atoms with Crippen LogP contribution in [0.1, 0.15) is 38.3 Å². The molecule has 0 aliphatic carbocycles. The van der Waals surface area contributed by atoms with E-state index in [1.807, 2.05) is 11.0 Å². The van der Waals surface area contributed by atoms with Gasteiger partial charge in [-0.05, 0) is 24.8 Å². The monoisotopic (exact) mass is 248 g/mol. The summed E-state index contributed by atoms with van der Waals surface area (Å²) in [6, 6.07) is 1.81. The molecule has 1 saturated heterocycles. The zero-order chi connectivity index (χ0) is 13.0. The van der Waals surface area contributed by atoms with Crippen molar-refractivity contribution in [3.8, 4) is 0 Å². The summed E-state index contributed by atoms with van der Waals surface area (Å²) in [4.78, 5) is 21.9. The van der Waals surface area contributed by atoms with E-state index < -0.39 is 0 Å². The molecule has 98 valence electrons. The summed E-state index contributed by atoms with van der Waals surface area (Å²) in [5.74, 6) is 1.17. The molecule has 0 radical (unpaired) electrons. The van der Waals surface area contributed by atoms with Crippen LogP contribution in [0.5, 0.6) is 0 Å². The highest BCUT2D eigenvalue weighted by Crippen LogP contribution is 2.21. The van der Waals surface area contributed by atoms with E-state index in [9.17, 15) is 4.79 Å². The third-order valence-corrected chi connectivity index (χ3v) is 3.59. The molecule has 0 saturated carbocycles. The quantitative estimate of drug-likeness (QED) is 0.881. The molecule has 5 heteroatoms. The number of amides is 1.